The molecule has 0 aromatic heterocycles. The van der Waals surface area contributed by atoms with Gasteiger partial charge in [-0.2, -0.15) is 0 Å². The SMILES string of the molecule is CC(C)(OCC(O)CO)c1ccc(I)cc1. The van der Waals surface area contributed by atoms with Gasteiger partial charge in [0.25, 0.3) is 0 Å². The third kappa shape index (κ3) is 4.01. The largest absolute Gasteiger partial charge is 0.394 e. The molecule has 1 unspecified atom stereocenters. The monoisotopic (exact) mass is 336 g/mol. The smallest absolute Gasteiger partial charge is 0.100 e. The summed E-state index contributed by atoms with van der Waals surface area (Å²) in [6, 6.07) is 8.05. The van der Waals surface area contributed by atoms with Crippen molar-refractivity contribution in [2.24, 2.45) is 0 Å². The van der Waals surface area contributed by atoms with E-state index in [1.165, 1.54) is 3.57 Å². The Hall–Kier alpha value is -0.170. The normalized spacial score (nSPS) is 13.8. The van der Waals surface area contributed by atoms with Gasteiger partial charge in [-0.15, -0.1) is 0 Å². The molecule has 1 aromatic carbocycles. The maximum Gasteiger partial charge on any atom is 0.100 e. The minimum atomic E-state index is -0.817. The van der Waals surface area contributed by atoms with Crippen molar-refractivity contribution in [1.29, 1.82) is 0 Å². The van der Waals surface area contributed by atoms with Crippen molar-refractivity contribution < 1.29 is 14.9 Å². The van der Waals surface area contributed by atoms with Crippen molar-refractivity contribution >= 4 is 22.6 Å². The highest BCUT2D eigenvalue weighted by Crippen LogP contribution is 2.25. The molecule has 0 spiro atoms. The van der Waals surface area contributed by atoms with Crippen molar-refractivity contribution in [2.45, 2.75) is 25.6 Å². The summed E-state index contributed by atoms with van der Waals surface area (Å²) in [5, 5.41) is 17.9. The van der Waals surface area contributed by atoms with E-state index in [4.69, 9.17) is 9.84 Å². The fourth-order valence-electron chi connectivity index (χ4n) is 1.29. The quantitative estimate of drug-likeness (QED) is 0.808. The topological polar surface area (TPSA) is 49.7 Å². The zero-order valence-electron chi connectivity index (χ0n) is 9.48. The highest BCUT2D eigenvalue weighted by molar-refractivity contribution is 14.1. The Morgan fingerprint density at radius 3 is 2.38 bits per heavy atom. The molecule has 1 atom stereocenters. The fourth-order valence-corrected chi connectivity index (χ4v) is 1.65. The molecule has 0 saturated heterocycles. The van der Waals surface area contributed by atoms with Gasteiger partial charge in [0.15, 0.2) is 0 Å². The Morgan fingerprint density at radius 1 is 1.31 bits per heavy atom. The van der Waals surface area contributed by atoms with E-state index in [-0.39, 0.29) is 13.2 Å². The first-order chi connectivity index (χ1) is 7.45. The van der Waals surface area contributed by atoms with Crippen molar-refractivity contribution in [1.82, 2.24) is 0 Å². The Kier molecular flexibility index (Phi) is 5.17. The van der Waals surface area contributed by atoms with Gasteiger partial charge in [-0.25, -0.2) is 0 Å². The average Bonchev–Trinajstić information content (AvgIpc) is 2.26. The Labute approximate surface area is 110 Å². The molecule has 2 N–H and O–H groups in total. The second kappa shape index (κ2) is 5.95. The second-order valence-electron chi connectivity index (χ2n) is 4.16. The van der Waals surface area contributed by atoms with Crippen LogP contribution in [-0.4, -0.2) is 29.5 Å². The maximum atomic E-state index is 9.24. The van der Waals surface area contributed by atoms with E-state index in [0.29, 0.717) is 0 Å². The lowest BCUT2D eigenvalue weighted by Crippen LogP contribution is -2.28. The molecular formula is C12H17IO3. The van der Waals surface area contributed by atoms with E-state index >= 15 is 0 Å². The molecule has 0 heterocycles. The molecule has 4 heteroatoms. The molecule has 1 aromatic rings. The van der Waals surface area contributed by atoms with Gasteiger partial charge in [-0.3, -0.25) is 0 Å². The minimum Gasteiger partial charge on any atom is -0.394 e. The van der Waals surface area contributed by atoms with Gasteiger partial charge in [0, 0.05) is 3.57 Å². The Bertz CT molecular complexity index is 322. The summed E-state index contributed by atoms with van der Waals surface area (Å²) in [5.41, 5.74) is 0.596. The highest BCUT2D eigenvalue weighted by atomic mass is 127. The van der Waals surface area contributed by atoms with Crippen LogP contribution in [-0.2, 0) is 10.3 Å². The summed E-state index contributed by atoms with van der Waals surface area (Å²) >= 11 is 2.25. The van der Waals surface area contributed by atoms with Gasteiger partial charge in [-0.05, 0) is 54.1 Å². The molecular weight excluding hydrogens is 319 g/mol. The summed E-state index contributed by atoms with van der Waals surface area (Å²) in [6.07, 6.45) is -0.817. The van der Waals surface area contributed by atoms with E-state index in [1.807, 2.05) is 38.1 Å². The molecule has 0 radical (unpaired) electrons. The molecule has 90 valence electrons. The molecule has 0 saturated carbocycles. The summed E-state index contributed by atoms with van der Waals surface area (Å²) in [5.74, 6) is 0. The van der Waals surface area contributed by atoms with Crippen molar-refractivity contribution in [2.75, 3.05) is 13.2 Å². The van der Waals surface area contributed by atoms with Gasteiger partial charge in [0.1, 0.15) is 6.10 Å². The van der Waals surface area contributed by atoms with Crippen LogP contribution in [0.1, 0.15) is 19.4 Å². The third-order valence-corrected chi connectivity index (χ3v) is 3.11. The fraction of sp³-hybridized carbons (Fsp3) is 0.500. The lowest BCUT2D eigenvalue weighted by Gasteiger charge is -2.27. The summed E-state index contributed by atoms with van der Waals surface area (Å²) in [4.78, 5) is 0. The predicted molar refractivity (Wildman–Crippen MR) is 71.2 cm³/mol. The average molecular weight is 336 g/mol. The number of aliphatic hydroxyl groups is 2. The standard InChI is InChI=1S/C12H17IO3/c1-12(2,16-8-11(15)7-14)9-3-5-10(13)6-4-9/h3-6,11,14-15H,7-8H2,1-2H3. The van der Waals surface area contributed by atoms with Crippen molar-refractivity contribution in [3.63, 3.8) is 0 Å². The summed E-state index contributed by atoms with van der Waals surface area (Å²) in [6.45, 7) is 3.75. The predicted octanol–water partition coefficient (Wildman–Crippen LogP) is 1.90. The second-order valence-corrected chi connectivity index (χ2v) is 5.41. The number of ether oxygens (including phenoxy) is 1. The van der Waals surface area contributed by atoms with Gasteiger partial charge in [0.05, 0.1) is 18.8 Å². The van der Waals surface area contributed by atoms with Gasteiger partial charge in [0.2, 0.25) is 0 Å². The molecule has 1 rings (SSSR count). The van der Waals surface area contributed by atoms with Crippen LogP contribution in [0.25, 0.3) is 0 Å². The first-order valence-electron chi connectivity index (χ1n) is 5.14. The molecule has 0 aliphatic heterocycles. The molecule has 0 aliphatic rings. The third-order valence-electron chi connectivity index (χ3n) is 2.39. The van der Waals surface area contributed by atoms with Gasteiger partial charge in [-0.1, -0.05) is 12.1 Å². The van der Waals surface area contributed by atoms with E-state index in [2.05, 4.69) is 22.6 Å². The molecule has 16 heavy (non-hydrogen) atoms. The van der Waals surface area contributed by atoms with Crippen LogP contribution in [0.4, 0.5) is 0 Å². The van der Waals surface area contributed by atoms with Crippen LogP contribution in [0.15, 0.2) is 24.3 Å². The summed E-state index contributed by atoms with van der Waals surface area (Å²) < 4.78 is 6.77. The molecule has 0 aliphatic carbocycles. The zero-order chi connectivity index (χ0) is 12.2. The van der Waals surface area contributed by atoms with Crippen LogP contribution < -0.4 is 0 Å². The van der Waals surface area contributed by atoms with Crippen molar-refractivity contribution in [3.8, 4) is 0 Å². The molecule has 0 bridgehead atoms. The number of aliphatic hydroxyl groups excluding tert-OH is 2. The Morgan fingerprint density at radius 2 is 1.88 bits per heavy atom. The van der Waals surface area contributed by atoms with Crippen LogP contribution in [0, 0.1) is 3.57 Å². The van der Waals surface area contributed by atoms with Crippen LogP contribution in [0.5, 0.6) is 0 Å². The Balaban J connectivity index is 2.66. The van der Waals surface area contributed by atoms with Crippen LogP contribution in [0.3, 0.4) is 0 Å². The zero-order valence-corrected chi connectivity index (χ0v) is 11.6. The van der Waals surface area contributed by atoms with E-state index in [0.717, 1.165) is 5.56 Å². The number of hydrogen-bond acceptors (Lipinski definition) is 3. The molecule has 3 nitrogen and oxygen atoms in total. The lowest BCUT2D eigenvalue weighted by atomic mass is 9.98. The number of rotatable bonds is 5. The van der Waals surface area contributed by atoms with E-state index < -0.39 is 11.7 Å². The van der Waals surface area contributed by atoms with E-state index in [9.17, 15) is 5.11 Å². The number of halogens is 1. The minimum absolute atomic E-state index is 0.134. The van der Waals surface area contributed by atoms with Gasteiger partial charge >= 0.3 is 0 Å². The lowest BCUT2D eigenvalue weighted by molar-refractivity contribution is -0.0741. The molecule has 0 amide bonds. The maximum absolute atomic E-state index is 9.24. The first kappa shape index (κ1) is 13.9. The molecule has 0 fully saturated rings. The van der Waals surface area contributed by atoms with Crippen LogP contribution in [0.2, 0.25) is 0 Å². The van der Waals surface area contributed by atoms with E-state index in [1.54, 1.807) is 0 Å². The highest BCUT2D eigenvalue weighted by Gasteiger charge is 2.22. The van der Waals surface area contributed by atoms with Crippen LogP contribution >= 0.6 is 22.6 Å². The van der Waals surface area contributed by atoms with Crippen molar-refractivity contribution in [3.05, 3.63) is 33.4 Å². The number of benzene rings is 1. The summed E-state index contributed by atoms with van der Waals surface area (Å²) in [7, 11) is 0. The van der Waals surface area contributed by atoms with Gasteiger partial charge < -0.3 is 14.9 Å². The number of hydrogen-bond donors (Lipinski definition) is 2. The first-order valence-corrected chi connectivity index (χ1v) is 6.22.